The number of ether oxygens (including phenoxy) is 2. The van der Waals surface area contributed by atoms with Gasteiger partial charge in [-0.15, -0.1) is 0 Å². The minimum Gasteiger partial charge on any atom is -0.497 e. The van der Waals surface area contributed by atoms with E-state index < -0.39 is 0 Å². The summed E-state index contributed by atoms with van der Waals surface area (Å²) >= 11 is 0. The van der Waals surface area contributed by atoms with Crippen molar-refractivity contribution in [2.24, 2.45) is 0 Å². The highest BCUT2D eigenvalue weighted by molar-refractivity contribution is 5.91. The molecule has 0 fully saturated rings. The summed E-state index contributed by atoms with van der Waals surface area (Å²) in [6.45, 7) is 0. The van der Waals surface area contributed by atoms with Crippen molar-refractivity contribution >= 4 is 17.3 Å². The van der Waals surface area contributed by atoms with Crippen LogP contribution in [-0.4, -0.2) is 28.3 Å². The summed E-state index contributed by atoms with van der Waals surface area (Å²) in [5.74, 6) is 1.71. The Labute approximate surface area is 161 Å². The van der Waals surface area contributed by atoms with Gasteiger partial charge in [-0.1, -0.05) is 36.4 Å². The first-order chi connectivity index (χ1) is 13.1. The maximum Gasteiger partial charge on any atom is 0.118 e. The van der Waals surface area contributed by atoms with E-state index in [9.17, 15) is 0 Å². The van der Waals surface area contributed by atoms with Crippen LogP contribution in [0.2, 0.25) is 0 Å². The van der Waals surface area contributed by atoms with Crippen LogP contribution in [0.25, 0.3) is 11.6 Å². The third kappa shape index (κ3) is 4.50. The van der Waals surface area contributed by atoms with Gasteiger partial charge in [0.05, 0.1) is 14.2 Å². The SMILES string of the molecule is COc1ccc(/C=C(\c2ccc(OC)cc2)c2ccc(N(C)C)cc2)cc1. The van der Waals surface area contributed by atoms with Crippen LogP contribution in [0.5, 0.6) is 11.5 Å². The van der Waals surface area contributed by atoms with Crippen LogP contribution in [0, 0.1) is 0 Å². The highest BCUT2D eigenvalue weighted by Gasteiger charge is 2.07. The van der Waals surface area contributed by atoms with Crippen molar-refractivity contribution in [1.29, 1.82) is 0 Å². The Balaban J connectivity index is 2.05. The maximum absolute atomic E-state index is 5.30. The number of rotatable bonds is 6. The zero-order chi connectivity index (χ0) is 19.2. The van der Waals surface area contributed by atoms with E-state index in [1.807, 2.05) is 38.4 Å². The molecule has 0 heterocycles. The number of methoxy groups -OCH3 is 2. The van der Waals surface area contributed by atoms with Crippen LogP contribution < -0.4 is 14.4 Å². The van der Waals surface area contributed by atoms with E-state index in [4.69, 9.17) is 9.47 Å². The topological polar surface area (TPSA) is 21.7 Å². The van der Waals surface area contributed by atoms with Crippen molar-refractivity contribution in [3.8, 4) is 11.5 Å². The second-order valence-corrected chi connectivity index (χ2v) is 6.50. The van der Waals surface area contributed by atoms with Crippen LogP contribution in [0.3, 0.4) is 0 Å². The van der Waals surface area contributed by atoms with Gasteiger partial charge in [0.15, 0.2) is 0 Å². The second-order valence-electron chi connectivity index (χ2n) is 6.50. The van der Waals surface area contributed by atoms with Crippen molar-refractivity contribution in [2.75, 3.05) is 33.2 Å². The highest BCUT2D eigenvalue weighted by Crippen LogP contribution is 2.29. The molecule has 0 aliphatic carbocycles. The van der Waals surface area contributed by atoms with Crippen molar-refractivity contribution in [3.63, 3.8) is 0 Å². The van der Waals surface area contributed by atoms with E-state index in [1.54, 1.807) is 14.2 Å². The molecule has 0 N–H and O–H groups in total. The largest absolute Gasteiger partial charge is 0.497 e. The standard InChI is InChI=1S/C24H25NO2/c1-25(2)21-11-7-19(8-12-21)24(20-9-15-23(27-4)16-10-20)17-18-5-13-22(26-3)14-6-18/h5-17H,1-4H3/b24-17-. The first-order valence-corrected chi connectivity index (χ1v) is 8.88. The smallest absolute Gasteiger partial charge is 0.118 e. The Morgan fingerprint density at radius 3 is 1.56 bits per heavy atom. The van der Waals surface area contributed by atoms with Gasteiger partial charge in [0.25, 0.3) is 0 Å². The minimum absolute atomic E-state index is 0.852. The number of nitrogens with zero attached hydrogens (tertiary/aromatic N) is 1. The van der Waals surface area contributed by atoms with Gasteiger partial charge < -0.3 is 14.4 Å². The molecule has 3 rings (SSSR count). The normalized spacial score (nSPS) is 11.2. The minimum atomic E-state index is 0.852. The van der Waals surface area contributed by atoms with Crippen molar-refractivity contribution in [2.45, 2.75) is 0 Å². The van der Waals surface area contributed by atoms with E-state index in [0.29, 0.717) is 0 Å². The van der Waals surface area contributed by atoms with E-state index in [1.165, 1.54) is 11.3 Å². The molecular weight excluding hydrogens is 334 g/mol. The Hall–Kier alpha value is -3.20. The monoisotopic (exact) mass is 359 g/mol. The third-order valence-corrected chi connectivity index (χ3v) is 4.52. The molecule has 0 saturated heterocycles. The second kappa shape index (κ2) is 8.45. The van der Waals surface area contributed by atoms with Gasteiger partial charge in [-0.3, -0.25) is 0 Å². The fraction of sp³-hybridized carbons (Fsp3) is 0.167. The molecule has 0 atom stereocenters. The molecule has 0 bridgehead atoms. The molecule has 0 amide bonds. The van der Waals surface area contributed by atoms with E-state index in [2.05, 4.69) is 59.5 Å². The third-order valence-electron chi connectivity index (χ3n) is 4.52. The lowest BCUT2D eigenvalue weighted by atomic mass is 9.95. The zero-order valence-electron chi connectivity index (χ0n) is 16.3. The van der Waals surface area contributed by atoms with Gasteiger partial charge in [-0.2, -0.15) is 0 Å². The summed E-state index contributed by atoms with van der Waals surface area (Å²) in [5.41, 5.74) is 5.77. The molecule has 3 nitrogen and oxygen atoms in total. The molecular formula is C24H25NO2. The van der Waals surface area contributed by atoms with Gasteiger partial charge in [-0.25, -0.2) is 0 Å². The summed E-state index contributed by atoms with van der Waals surface area (Å²) in [6, 6.07) is 24.9. The number of anilines is 1. The summed E-state index contributed by atoms with van der Waals surface area (Å²) in [4.78, 5) is 2.10. The van der Waals surface area contributed by atoms with Crippen LogP contribution in [0.15, 0.2) is 72.8 Å². The first kappa shape index (κ1) is 18.6. The van der Waals surface area contributed by atoms with Crippen LogP contribution >= 0.6 is 0 Å². The quantitative estimate of drug-likeness (QED) is 0.553. The van der Waals surface area contributed by atoms with E-state index in [0.717, 1.165) is 28.2 Å². The Bertz CT molecular complexity index is 893. The summed E-state index contributed by atoms with van der Waals surface area (Å²) in [6.07, 6.45) is 2.20. The molecule has 0 spiro atoms. The summed E-state index contributed by atoms with van der Waals surface area (Å²) in [5, 5.41) is 0. The molecule has 3 aromatic rings. The molecule has 0 radical (unpaired) electrons. The molecule has 0 aromatic heterocycles. The fourth-order valence-electron chi connectivity index (χ4n) is 2.91. The number of hydrogen-bond acceptors (Lipinski definition) is 3. The molecule has 0 saturated carbocycles. The van der Waals surface area contributed by atoms with E-state index >= 15 is 0 Å². The van der Waals surface area contributed by atoms with Crippen LogP contribution in [-0.2, 0) is 0 Å². The van der Waals surface area contributed by atoms with Gasteiger partial charge in [-0.05, 0) is 64.7 Å². The van der Waals surface area contributed by atoms with Gasteiger partial charge in [0.1, 0.15) is 11.5 Å². The Kier molecular flexibility index (Phi) is 5.82. The predicted octanol–water partition coefficient (Wildman–Crippen LogP) is 5.36. The van der Waals surface area contributed by atoms with Crippen LogP contribution in [0.1, 0.15) is 16.7 Å². The lowest BCUT2D eigenvalue weighted by molar-refractivity contribution is 0.414. The molecule has 3 aromatic carbocycles. The van der Waals surface area contributed by atoms with Crippen molar-refractivity contribution in [3.05, 3.63) is 89.5 Å². The molecule has 0 aliphatic heterocycles. The lowest BCUT2D eigenvalue weighted by Crippen LogP contribution is -2.08. The maximum atomic E-state index is 5.30. The average Bonchev–Trinajstić information content (AvgIpc) is 2.72. The van der Waals surface area contributed by atoms with Gasteiger partial charge in [0.2, 0.25) is 0 Å². The average molecular weight is 359 g/mol. The highest BCUT2D eigenvalue weighted by atomic mass is 16.5. The molecule has 138 valence electrons. The summed E-state index contributed by atoms with van der Waals surface area (Å²) in [7, 11) is 7.46. The first-order valence-electron chi connectivity index (χ1n) is 8.88. The molecule has 3 heteroatoms. The zero-order valence-corrected chi connectivity index (χ0v) is 16.3. The molecule has 0 unspecified atom stereocenters. The van der Waals surface area contributed by atoms with Crippen molar-refractivity contribution in [1.82, 2.24) is 0 Å². The summed E-state index contributed by atoms with van der Waals surface area (Å²) < 4.78 is 10.6. The van der Waals surface area contributed by atoms with Gasteiger partial charge >= 0.3 is 0 Å². The number of hydrogen-bond donors (Lipinski definition) is 0. The fourth-order valence-corrected chi connectivity index (χ4v) is 2.91. The molecule has 27 heavy (non-hydrogen) atoms. The van der Waals surface area contributed by atoms with E-state index in [-0.39, 0.29) is 0 Å². The Morgan fingerprint density at radius 2 is 1.11 bits per heavy atom. The Morgan fingerprint density at radius 1 is 0.667 bits per heavy atom. The predicted molar refractivity (Wildman–Crippen MR) is 114 cm³/mol. The molecule has 0 aliphatic rings. The number of benzene rings is 3. The van der Waals surface area contributed by atoms with Crippen molar-refractivity contribution < 1.29 is 9.47 Å². The van der Waals surface area contributed by atoms with Crippen LogP contribution in [0.4, 0.5) is 5.69 Å². The van der Waals surface area contributed by atoms with Gasteiger partial charge in [0, 0.05) is 19.8 Å². The lowest BCUT2D eigenvalue weighted by Gasteiger charge is -2.15.